The molecule has 1 atom stereocenters. The molecule has 1 unspecified atom stereocenters. The number of hydrogen-bond acceptors (Lipinski definition) is 3. The van der Waals surface area contributed by atoms with Crippen LogP contribution in [0.5, 0.6) is 0 Å². The Bertz CT molecular complexity index is 574. The molecule has 0 aliphatic rings. The van der Waals surface area contributed by atoms with Gasteiger partial charge in [-0.15, -0.1) is 0 Å². The molecule has 0 saturated heterocycles. The van der Waals surface area contributed by atoms with Crippen LogP contribution in [0.2, 0.25) is 0 Å². The van der Waals surface area contributed by atoms with Crippen LogP contribution < -0.4 is 0 Å². The third-order valence-corrected chi connectivity index (χ3v) is 6.75. The number of hydrogen-bond donors (Lipinski definition) is 2. The zero-order valence-corrected chi connectivity index (χ0v) is 21.2. The molecule has 1 rings (SSSR count). The molecular weight excluding hydrogens is 412 g/mol. The standard InChI is InChI=1S/C29H50O4/c1-33-29(32,28(30)31)26-22-17-15-13-11-9-7-5-3-2-4-6-8-10-12-14-16-19-23-27-24-20-18-21-25-27/h18,20-21,24-25,32H,2-17,19,22-23,26H2,1H3,(H,30,31). The number of carboxylic acids is 1. The maximum atomic E-state index is 10.9. The number of ether oxygens (including phenoxy) is 1. The lowest BCUT2D eigenvalue weighted by atomic mass is 10.0. The molecule has 190 valence electrons. The van der Waals surface area contributed by atoms with Crippen molar-refractivity contribution in [1.29, 1.82) is 0 Å². The Morgan fingerprint density at radius 3 is 1.39 bits per heavy atom. The molecule has 1 aromatic carbocycles. The first-order chi connectivity index (χ1) is 16.1. The first kappa shape index (κ1) is 29.6. The summed E-state index contributed by atoms with van der Waals surface area (Å²) >= 11 is 0. The largest absolute Gasteiger partial charge is 0.477 e. The van der Waals surface area contributed by atoms with E-state index in [9.17, 15) is 9.90 Å². The van der Waals surface area contributed by atoms with E-state index in [0.717, 1.165) is 12.8 Å². The second kappa shape index (κ2) is 20.0. The average molecular weight is 463 g/mol. The van der Waals surface area contributed by atoms with E-state index in [0.29, 0.717) is 6.42 Å². The third-order valence-electron chi connectivity index (χ3n) is 6.75. The zero-order valence-electron chi connectivity index (χ0n) is 21.2. The van der Waals surface area contributed by atoms with Crippen molar-refractivity contribution in [2.45, 2.75) is 134 Å². The molecule has 0 amide bonds. The highest BCUT2D eigenvalue weighted by atomic mass is 16.6. The van der Waals surface area contributed by atoms with Gasteiger partial charge in [0.05, 0.1) is 0 Å². The minimum atomic E-state index is -2.01. The minimum absolute atomic E-state index is 0.160. The van der Waals surface area contributed by atoms with Crippen molar-refractivity contribution in [2.75, 3.05) is 7.11 Å². The maximum Gasteiger partial charge on any atom is 0.364 e. The van der Waals surface area contributed by atoms with E-state index in [1.165, 1.54) is 115 Å². The summed E-state index contributed by atoms with van der Waals surface area (Å²) < 4.78 is 4.71. The lowest BCUT2D eigenvalue weighted by Gasteiger charge is -2.20. The Hall–Kier alpha value is -1.39. The van der Waals surface area contributed by atoms with Crippen LogP contribution in [0.1, 0.15) is 128 Å². The molecule has 0 aromatic heterocycles. The van der Waals surface area contributed by atoms with Gasteiger partial charge in [-0.05, 0) is 24.8 Å². The molecule has 1 aromatic rings. The smallest absolute Gasteiger partial charge is 0.364 e. The molecule has 0 aliphatic heterocycles. The summed E-state index contributed by atoms with van der Waals surface area (Å²) in [6.07, 6.45) is 24.5. The number of rotatable bonds is 23. The molecular formula is C29H50O4. The molecule has 0 saturated carbocycles. The van der Waals surface area contributed by atoms with Crippen LogP contribution in [0, 0.1) is 0 Å². The molecule has 4 heteroatoms. The van der Waals surface area contributed by atoms with Crippen molar-refractivity contribution in [3.63, 3.8) is 0 Å². The summed E-state index contributed by atoms with van der Waals surface area (Å²) in [6, 6.07) is 10.8. The van der Waals surface area contributed by atoms with Gasteiger partial charge in [0, 0.05) is 13.5 Å². The van der Waals surface area contributed by atoms with E-state index in [-0.39, 0.29) is 6.42 Å². The number of aliphatic hydroxyl groups is 1. The lowest BCUT2D eigenvalue weighted by molar-refractivity contribution is -0.216. The summed E-state index contributed by atoms with van der Waals surface area (Å²) in [5, 5.41) is 18.7. The Balaban J connectivity index is 1.73. The van der Waals surface area contributed by atoms with Crippen molar-refractivity contribution in [1.82, 2.24) is 0 Å². The van der Waals surface area contributed by atoms with E-state index in [4.69, 9.17) is 9.84 Å². The van der Waals surface area contributed by atoms with Crippen molar-refractivity contribution >= 4 is 5.97 Å². The topological polar surface area (TPSA) is 66.8 Å². The van der Waals surface area contributed by atoms with Crippen molar-refractivity contribution in [3.8, 4) is 0 Å². The molecule has 0 fully saturated rings. The van der Waals surface area contributed by atoms with E-state index in [1.54, 1.807) is 0 Å². The highest BCUT2D eigenvalue weighted by Gasteiger charge is 2.35. The maximum absolute atomic E-state index is 10.9. The molecule has 4 nitrogen and oxygen atoms in total. The van der Waals surface area contributed by atoms with Gasteiger partial charge in [0.25, 0.3) is 5.79 Å². The van der Waals surface area contributed by atoms with E-state index < -0.39 is 11.8 Å². The third kappa shape index (κ3) is 16.0. The van der Waals surface area contributed by atoms with E-state index in [1.807, 2.05) is 0 Å². The highest BCUT2D eigenvalue weighted by Crippen LogP contribution is 2.18. The number of methoxy groups -OCH3 is 1. The molecule has 33 heavy (non-hydrogen) atoms. The number of carbonyl (C=O) groups is 1. The highest BCUT2D eigenvalue weighted by molar-refractivity contribution is 5.75. The molecule has 0 heterocycles. The van der Waals surface area contributed by atoms with Gasteiger partial charge in [0.2, 0.25) is 0 Å². The SMILES string of the molecule is COC(O)(CCCCCCCCCCCCCCCCCCCCc1ccccc1)C(=O)O. The van der Waals surface area contributed by atoms with Crippen molar-refractivity contribution in [3.05, 3.63) is 35.9 Å². The Morgan fingerprint density at radius 1 is 0.667 bits per heavy atom. The number of unbranched alkanes of at least 4 members (excludes halogenated alkanes) is 17. The fourth-order valence-corrected chi connectivity index (χ4v) is 4.46. The molecule has 0 aliphatic carbocycles. The predicted molar refractivity (Wildman–Crippen MR) is 137 cm³/mol. The second-order valence-electron chi connectivity index (χ2n) is 9.64. The lowest BCUT2D eigenvalue weighted by Crippen LogP contribution is -2.40. The Kier molecular flexibility index (Phi) is 18.0. The first-order valence-electron chi connectivity index (χ1n) is 13.6. The van der Waals surface area contributed by atoms with Crippen LogP contribution in [-0.4, -0.2) is 29.1 Å². The van der Waals surface area contributed by atoms with Crippen molar-refractivity contribution in [2.24, 2.45) is 0 Å². The summed E-state index contributed by atoms with van der Waals surface area (Å²) in [4.78, 5) is 10.9. The van der Waals surface area contributed by atoms with Gasteiger partial charge in [-0.2, -0.15) is 0 Å². The van der Waals surface area contributed by atoms with Gasteiger partial charge >= 0.3 is 5.97 Å². The van der Waals surface area contributed by atoms with Crippen LogP contribution >= 0.6 is 0 Å². The van der Waals surface area contributed by atoms with Crippen LogP contribution in [0.4, 0.5) is 0 Å². The average Bonchev–Trinajstić information content (AvgIpc) is 2.83. The first-order valence-corrected chi connectivity index (χ1v) is 13.6. The van der Waals surface area contributed by atoms with Gasteiger partial charge < -0.3 is 14.9 Å². The number of aryl methyl sites for hydroxylation is 1. The molecule has 0 spiro atoms. The number of carboxylic acid groups (broad SMARTS) is 1. The van der Waals surface area contributed by atoms with Crippen LogP contribution in [0.25, 0.3) is 0 Å². The summed E-state index contributed by atoms with van der Waals surface area (Å²) in [6.45, 7) is 0. The monoisotopic (exact) mass is 462 g/mol. The summed E-state index contributed by atoms with van der Waals surface area (Å²) in [5.41, 5.74) is 1.48. The summed E-state index contributed by atoms with van der Waals surface area (Å²) in [5.74, 6) is -3.31. The van der Waals surface area contributed by atoms with E-state index in [2.05, 4.69) is 30.3 Å². The normalized spacial score (nSPS) is 13.2. The van der Waals surface area contributed by atoms with Gasteiger partial charge in [-0.1, -0.05) is 133 Å². The van der Waals surface area contributed by atoms with Crippen LogP contribution in [0.15, 0.2) is 30.3 Å². The predicted octanol–water partition coefficient (Wildman–Crippen LogP) is 8.06. The fraction of sp³-hybridized carbons (Fsp3) is 0.759. The number of benzene rings is 1. The second-order valence-corrected chi connectivity index (χ2v) is 9.64. The van der Waals surface area contributed by atoms with Gasteiger partial charge in [-0.25, -0.2) is 4.79 Å². The Morgan fingerprint density at radius 2 is 1.03 bits per heavy atom. The Labute approximate surface area is 203 Å². The summed E-state index contributed by atoms with van der Waals surface area (Å²) in [7, 11) is 1.24. The quantitative estimate of drug-likeness (QED) is 0.127. The van der Waals surface area contributed by atoms with Gasteiger partial charge in [0.1, 0.15) is 0 Å². The molecule has 2 N–H and O–H groups in total. The minimum Gasteiger partial charge on any atom is -0.477 e. The number of aliphatic carboxylic acids is 1. The molecule has 0 radical (unpaired) electrons. The van der Waals surface area contributed by atoms with Gasteiger partial charge in [0.15, 0.2) is 0 Å². The van der Waals surface area contributed by atoms with Crippen LogP contribution in [0.3, 0.4) is 0 Å². The van der Waals surface area contributed by atoms with E-state index >= 15 is 0 Å². The van der Waals surface area contributed by atoms with Crippen molar-refractivity contribution < 1.29 is 19.7 Å². The van der Waals surface area contributed by atoms with Crippen LogP contribution in [-0.2, 0) is 16.0 Å². The zero-order chi connectivity index (χ0) is 24.0. The van der Waals surface area contributed by atoms with Gasteiger partial charge in [-0.3, -0.25) is 0 Å². The fourth-order valence-electron chi connectivity index (χ4n) is 4.46. The molecule has 0 bridgehead atoms.